The van der Waals surface area contributed by atoms with Crippen LogP contribution in [0.15, 0.2) is 48.7 Å². The van der Waals surface area contributed by atoms with Crippen LogP contribution in [0.3, 0.4) is 0 Å². The number of nitrogens with one attached hydrogen (secondary N) is 1. The topological polar surface area (TPSA) is 42.7 Å². The maximum absolute atomic E-state index is 4.51. The van der Waals surface area contributed by atoms with Crippen molar-refractivity contribution < 1.29 is 0 Å². The van der Waals surface area contributed by atoms with E-state index in [4.69, 9.17) is 0 Å². The molecule has 0 bridgehead atoms. The Hall–Kier alpha value is -2.36. The first-order valence-electron chi connectivity index (χ1n) is 5.97. The molecule has 0 saturated heterocycles. The highest BCUT2D eigenvalue weighted by Crippen LogP contribution is 2.25. The van der Waals surface area contributed by atoms with Gasteiger partial charge in [-0.2, -0.15) is 9.67 Å². The molecule has 3 rings (SSSR count). The number of nitrogens with zero attached hydrogens (tertiary/aromatic N) is 3. The molecule has 1 aromatic heterocycles. The molecule has 0 radical (unpaired) electrons. The molecule has 2 aromatic rings. The van der Waals surface area contributed by atoms with E-state index >= 15 is 0 Å². The van der Waals surface area contributed by atoms with Crippen molar-refractivity contribution in [3.8, 4) is 11.4 Å². The van der Waals surface area contributed by atoms with Crippen LogP contribution in [0.25, 0.3) is 17.1 Å². The first-order valence-corrected chi connectivity index (χ1v) is 5.97. The van der Waals surface area contributed by atoms with Gasteiger partial charge in [0.25, 0.3) is 0 Å². The molecule has 90 valence electrons. The third-order valence-electron chi connectivity index (χ3n) is 2.91. The van der Waals surface area contributed by atoms with Crippen LogP contribution in [0.1, 0.15) is 13.3 Å². The van der Waals surface area contributed by atoms with Gasteiger partial charge in [-0.15, -0.1) is 5.10 Å². The second-order valence-corrected chi connectivity index (χ2v) is 4.18. The summed E-state index contributed by atoms with van der Waals surface area (Å²) in [6, 6.07) is 9.94. The summed E-state index contributed by atoms with van der Waals surface area (Å²) in [7, 11) is 0. The second-order valence-electron chi connectivity index (χ2n) is 4.18. The molecular formula is C14H14N4. The highest BCUT2D eigenvalue weighted by atomic mass is 15.4. The predicted molar refractivity (Wildman–Crippen MR) is 72.8 cm³/mol. The quantitative estimate of drug-likeness (QED) is 0.874. The fourth-order valence-electron chi connectivity index (χ4n) is 1.94. The van der Waals surface area contributed by atoms with E-state index in [0.29, 0.717) is 5.82 Å². The average molecular weight is 238 g/mol. The Kier molecular flexibility index (Phi) is 2.48. The minimum atomic E-state index is 0.713. The molecule has 4 nitrogen and oxygen atoms in total. The summed E-state index contributed by atoms with van der Waals surface area (Å²) in [6.45, 7) is 6.10. The van der Waals surface area contributed by atoms with Crippen molar-refractivity contribution in [3.05, 3.63) is 48.7 Å². The van der Waals surface area contributed by atoms with E-state index in [1.165, 1.54) is 0 Å². The first-order chi connectivity index (χ1) is 8.78. The lowest BCUT2D eigenvalue weighted by Gasteiger charge is -2.15. The van der Waals surface area contributed by atoms with Gasteiger partial charge in [0.15, 0.2) is 5.82 Å². The van der Waals surface area contributed by atoms with Gasteiger partial charge < -0.3 is 5.32 Å². The first kappa shape index (κ1) is 10.8. The summed E-state index contributed by atoms with van der Waals surface area (Å²) >= 11 is 0. The highest BCUT2D eigenvalue weighted by Gasteiger charge is 2.17. The molecule has 0 spiro atoms. The van der Waals surface area contributed by atoms with E-state index in [1.807, 2.05) is 36.4 Å². The number of aromatic nitrogens is 3. The molecule has 0 amide bonds. The minimum absolute atomic E-state index is 0.713. The standard InChI is InChI=1S/C14H14N4/c1-3-12-9-10(2)18-14(15-12)16-13(17-18)11-7-5-4-6-8-11/h4-9H,2-3H2,1H3,(H,15,16,17). The molecule has 0 fully saturated rings. The van der Waals surface area contributed by atoms with Crippen LogP contribution in [0.4, 0.5) is 5.95 Å². The van der Waals surface area contributed by atoms with Crippen molar-refractivity contribution in [1.29, 1.82) is 0 Å². The van der Waals surface area contributed by atoms with Crippen molar-refractivity contribution >= 4 is 11.6 Å². The van der Waals surface area contributed by atoms with Crippen molar-refractivity contribution in [2.75, 3.05) is 5.32 Å². The number of benzene rings is 1. The van der Waals surface area contributed by atoms with Crippen molar-refractivity contribution in [2.24, 2.45) is 0 Å². The Morgan fingerprint density at radius 3 is 2.78 bits per heavy atom. The van der Waals surface area contributed by atoms with Crippen LogP contribution in [0, 0.1) is 0 Å². The maximum Gasteiger partial charge on any atom is 0.230 e. The molecule has 1 aliphatic rings. The number of hydrogen-bond acceptors (Lipinski definition) is 3. The van der Waals surface area contributed by atoms with Crippen LogP contribution in [-0.2, 0) is 0 Å². The fraction of sp³-hybridized carbons (Fsp3) is 0.143. The monoisotopic (exact) mass is 238 g/mol. The second kappa shape index (κ2) is 4.14. The number of fused-ring (bicyclic) bond motifs is 1. The van der Waals surface area contributed by atoms with E-state index in [2.05, 4.69) is 28.9 Å². The Labute approximate surface area is 106 Å². The van der Waals surface area contributed by atoms with Crippen molar-refractivity contribution in [3.63, 3.8) is 0 Å². The predicted octanol–water partition coefficient (Wildman–Crippen LogP) is 3.14. The van der Waals surface area contributed by atoms with E-state index in [9.17, 15) is 0 Å². The van der Waals surface area contributed by atoms with Gasteiger partial charge in [0.2, 0.25) is 5.95 Å². The lowest BCUT2D eigenvalue weighted by Crippen LogP contribution is -2.12. The molecule has 4 heteroatoms. The van der Waals surface area contributed by atoms with Gasteiger partial charge in [-0.3, -0.25) is 0 Å². The zero-order valence-electron chi connectivity index (χ0n) is 10.2. The largest absolute Gasteiger partial charge is 0.328 e. The summed E-state index contributed by atoms with van der Waals surface area (Å²) in [5.41, 5.74) is 2.96. The van der Waals surface area contributed by atoms with Gasteiger partial charge in [-0.1, -0.05) is 43.8 Å². The Morgan fingerprint density at radius 1 is 1.28 bits per heavy atom. The van der Waals surface area contributed by atoms with Gasteiger partial charge in [0, 0.05) is 11.3 Å². The molecule has 0 unspecified atom stereocenters. The molecule has 18 heavy (non-hydrogen) atoms. The summed E-state index contributed by atoms with van der Waals surface area (Å²) in [5.74, 6) is 1.45. The summed E-state index contributed by atoms with van der Waals surface area (Å²) in [6.07, 6.45) is 2.92. The molecule has 0 aliphatic carbocycles. The van der Waals surface area contributed by atoms with E-state index < -0.39 is 0 Å². The summed E-state index contributed by atoms with van der Waals surface area (Å²) < 4.78 is 1.74. The number of anilines is 1. The van der Waals surface area contributed by atoms with Gasteiger partial charge in [0.1, 0.15) is 0 Å². The third kappa shape index (κ3) is 1.72. The van der Waals surface area contributed by atoms with Crippen molar-refractivity contribution in [1.82, 2.24) is 14.8 Å². The van der Waals surface area contributed by atoms with E-state index in [-0.39, 0.29) is 0 Å². The van der Waals surface area contributed by atoms with Crippen molar-refractivity contribution in [2.45, 2.75) is 13.3 Å². The Bertz CT molecular complexity index is 622. The molecular weight excluding hydrogens is 224 g/mol. The molecule has 1 aliphatic heterocycles. The van der Waals surface area contributed by atoms with Crippen LogP contribution < -0.4 is 5.32 Å². The summed E-state index contributed by atoms with van der Waals surface area (Å²) in [4.78, 5) is 4.51. The van der Waals surface area contributed by atoms with E-state index in [0.717, 1.165) is 29.3 Å². The van der Waals surface area contributed by atoms with Gasteiger partial charge in [-0.25, -0.2) is 0 Å². The summed E-state index contributed by atoms with van der Waals surface area (Å²) in [5, 5.41) is 7.73. The molecule has 1 N–H and O–H groups in total. The van der Waals surface area contributed by atoms with Gasteiger partial charge in [-0.05, 0) is 12.5 Å². The third-order valence-corrected chi connectivity index (χ3v) is 2.91. The molecule has 1 aromatic carbocycles. The maximum atomic E-state index is 4.51. The zero-order chi connectivity index (χ0) is 12.5. The minimum Gasteiger partial charge on any atom is -0.328 e. The number of rotatable bonds is 2. The van der Waals surface area contributed by atoms with Crippen LogP contribution in [-0.4, -0.2) is 14.8 Å². The van der Waals surface area contributed by atoms with Crippen LogP contribution in [0.2, 0.25) is 0 Å². The smallest absolute Gasteiger partial charge is 0.230 e. The van der Waals surface area contributed by atoms with Crippen LogP contribution >= 0.6 is 0 Å². The fourth-order valence-corrected chi connectivity index (χ4v) is 1.94. The van der Waals surface area contributed by atoms with E-state index in [1.54, 1.807) is 4.68 Å². The van der Waals surface area contributed by atoms with Crippen LogP contribution in [0.5, 0.6) is 0 Å². The SMILES string of the molecule is C=C1C=C(CC)Nc2nc(-c3ccccc3)nn21. The zero-order valence-corrected chi connectivity index (χ0v) is 10.2. The molecule has 0 saturated carbocycles. The Balaban J connectivity index is 2.03. The number of hydrogen-bond donors (Lipinski definition) is 1. The lowest BCUT2D eigenvalue weighted by molar-refractivity contribution is 0.893. The molecule has 2 heterocycles. The molecule has 0 atom stereocenters. The van der Waals surface area contributed by atoms with Gasteiger partial charge >= 0.3 is 0 Å². The lowest BCUT2D eigenvalue weighted by atomic mass is 10.2. The number of allylic oxidation sites excluding steroid dienone is 3. The average Bonchev–Trinajstić information content (AvgIpc) is 2.84. The van der Waals surface area contributed by atoms with Gasteiger partial charge in [0.05, 0.1) is 5.70 Å². The highest BCUT2D eigenvalue weighted by molar-refractivity contribution is 5.67. The Morgan fingerprint density at radius 2 is 2.06 bits per heavy atom. The normalized spacial score (nSPS) is 13.8.